The summed E-state index contributed by atoms with van der Waals surface area (Å²) in [6.07, 6.45) is 0. The van der Waals surface area contributed by atoms with Gasteiger partial charge in [0.2, 0.25) is 0 Å². The minimum absolute atomic E-state index is 0.567. The summed E-state index contributed by atoms with van der Waals surface area (Å²) in [5.41, 5.74) is 18.7. The monoisotopic (exact) mass is 944 g/mol. The largest absolute Gasteiger partial charge is 0.456 e. The molecule has 0 bridgehead atoms. The molecule has 11 aromatic carbocycles. The Bertz CT molecular complexity index is 4220. The Balaban J connectivity index is 1.04. The Kier molecular flexibility index (Phi) is 10.4. The van der Waals surface area contributed by atoms with E-state index in [4.69, 9.17) is 19.4 Å². The minimum Gasteiger partial charge on any atom is -0.456 e. The summed E-state index contributed by atoms with van der Waals surface area (Å²) in [5.74, 6) is 1.72. The Labute approximate surface area is 428 Å². The van der Waals surface area contributed by atoms with E-state index in [2.05, 4.69) is 241 Å². The van der Waals surface area contributed by atoms with Crippen LogP contribution in [0.1, 0.15) is 0 Å². The van der Waals surface area contributed by atoms with E-state index in [0.717, 1.165) is 88.7 Å². The van der Waals surface area contributed by atoms with Gasteiger partial charge in [0, 0.05) is 49.4 Å². The van der Waals surface area contributed by atoms with Crippen molar-refractivity contribution >= 4 is 43.7 Å². The standard InChI is InChI=1S/C69H44N4O/c1-6-18-45(19-7-1)48-30-32-51(33-31-48)67-70-68(54-36-39-65-61(42-54)56-28-16-17-29-64(56)74-65)72-69(71-67)55-43-57(49-24-12-4-13-25-49)66(58(44-55)50-26-14-5-15-27-50)73-62-37-34-52(46-20-8-2-9-21-46)40-59(62)60-41-53(35-38-63(60)73)47-22-10-3-11-23-47/h1-44H. The zero-order valence-corrected chi connectivity index (χ0v) is 40.1. The van der Waals surface area contributed by atoms with Crippen LogP contribution in [-0.2, 0) is 0 Å². The molecule has 14 aromatic rings. The molecule has 5 nitrogen and oxygen atoms in total. The lowest BCUT2D eigenvalue weighted by Crippen LogP contribution is -2.04. The van der Waals surface area contributed by atoms with Gasteiger partial charge in [0.15, 0.2) is 17.5 Å². The first-order valence-corrected chi connectivity index (χ1v) is 25.0. The van der Waals surface area contributed by atoms with Gasteiger partial charge in [0.25, 0.3) is 0 Å². The van der Waals surface area contributed by atoms with Gasteiger partial charge in [-0.2, -0.15) is 0 Å². The van der Waals surface area contributed by atoms with E-state index in [1.54, 1.807) is 0 Å². The van der Waals surface area contributed by atoms with Crippen molar-refractivity contribution in [3.63, 3.8) is 0 Å². The van der Waals surface area contributed by atoms with Crippen molar-refractivity contribution in [2.24, 2.45) is 0 Å². The number of hydrogen-bond acceptors (Lipinski definition) is 4. The molecule has 0 spiro atoms. The van der Waals surface area contributed by atoms with Crippen molar-refractivity contribution in [2.75, 3.05) is 0 Å². The molecular weight excluding hydrogens is 901 g/mol. The van der Waals surface area contributed by atoms with Crippen LogP contribution in [0.3, 0.4) is 0 Å². The summed E-state index contributed by atoms with van der Waals surface area (Å²) in [6, 6.07) is 94.5. The SMILES string of the molecule is c1ccc(-c2ccc(-c3nc(-c4cc(-c5ccccc5)c(-n5c6ccc(-c7ccccc7)cc6c6cc(-c7ccccc7)ccc65)c(-c5ccccc5)c4)nc(-c4ccc5oc6ccccc6c5c4)n3)cc2)cc1. The van der Waals surface area contributed by atoms with Gasteiger partial charge in [-0.3, -0.25) is 0 Å². The highest BCUT2D eigenvalue weighted by atomic mass is 16.3. The zero-order chi connectivity index (χ0) is 49.0. The molecule has 0 unspecified atom stereocenters. The van der Waals surface area contributed by atoms with Crippen LogP contribution >= 0.6 is 0 Å². The summed E-state index contributed by atoms with van der Waals surface area (Å²) in [6.45, 7) is 0. The van der Waals surface area contributed by atoms with E-state index in [-0.39, 0.29) is 0 Å². The number of aromatic nitrogens is 4. The second-order valence-electron chi connectivity index (χ2n) is 18.7. The van der Waals surface area contributed by atoms with Crippen LogP contribution in [0.15, 0.2) is 271 Å². The first-order chi connectivity index (χ1) is 36.7. The maximum absolute atomic E-state index is 6.28. The smallest absolute Gasteiger partial charge is 0.164 e. The van der Waals surface area contributed by atoms with Crippen LogP contribution in [0.25, 0.3) is 139 Å². The van der Waals surface area contributed by atoms with Gasteiger partial charge in [-0.25, -0.2) is 15.0 Å². The molecular formula is C69H44N4O. The molecule has 0 aliphatic heterocycles. The topological polar surface area (TPSA) is 56.7 Å². The number of furan rings is 1. The summed E-state index contributed by atoms with van der Waals surface area (Å²) >= 11 is 0. The predicted octanol–water partition coefficient (Wildman–Crippen LogP) is 18.2. The fraction of sp³-hybridized carbons (Fsp3) is 0. The highest BCUT2D eigenvalue weighted by Crippen LogP contribution is 2.45. The van der Waals surface area contributed by atoms with E-state index in [1.165, 1.54) is 33.0 Å². The molecule has 0 saturated heterocycles. The molecule has 0 N–H and O–H groups in total. The van der Waals surface area contributed by atoms with E-state index < -0.39 is 0 Å². The van der Waals surface area contributed by atoms with Gasteiger partial charge in [0.05, 0.1) is 16.7 Å². The van der Waals surface area contributed by atoms with Crippen molar-refractivity contribution in [1.82, 2.24) is 19.5 Å². The lowest BCUT2D eigenvalue weighted by molar-refractivity contribution is 0.669. The fourth-order valence-electron chi connectivity index (χ4n) is 10.6. The maximum Gasteiger partial charge on any atom is 0.164 e. The Morgan fingerprint density at radius 1 is 0.243 bits per heavy atom. The number of para-hydroxylation sites is 1. The molecule has 0 aliphatic rings. The molecule has 0 atom stereocenters. The molecule has 14 rings (SSSR count). The maximum atomic E-state index is 6.28. The first-order valence-electron chi connectivity index (χ1n) is 25.0. The normalized spacial score (nSPS) is 11.5. The van der Waals surface area contributed by atoms with Crippen molar-refractivity contribution < 1.29 is 4.42 Å². The highest BCUT2D eigenvalue weighted by Gasteiger charge is 2.24. The van der Waals surface area contributed by atoms with Crippen molar-refractivity contribution in [2.45, 2.75) is 0 Å². The van der Waals surface area contributed by atoms with Crippen molar-refractivity contribution in [1.29, 1.82) is 0 Å². The van der Waals surface area contributed by atoms with Gasteiger partial charge in [-0.05, 0) is 105 Å². The van der Waals surface area contributed by atoms with Crippen LogP contribution in [0.2, 0.25) is 0 Å². The second kappa shape index (κ2) is 18.0. The molecule has 0 amide bonds. The van der Waals surface area contributed by atoms with E-state index in [1.807, 2.05) is 30.3 Å². The minimum atomic E-state index is 0.567. The number of benzene rings is 11. The van der Waals surface area contributed by atoms with Crippen molar-refractivity contribution in [3.8, 4) is 95.5 Å². The first kappa shape index (κ1) is 42.9. The third-order valence-electron chi connectivity index (χ3n) is 14.3. The third kappa shape index (κ3) is 7.63. The molecule has 74 heavy (non-hydrogen) atoms. The molecule has 0 saturated carbocycles. The van der Waals surface area contributed by atoms with Crippen LogP contribution in [0, 0.1) is 0 Å². The van der Waals surface area contributed by atoms with Crippen LogP contribution in [0.4, 0.5) is 0 Å². The van der Waals surface area contributed by atoms with E-state index in [0.29, 0.717) is 17.5 Å². The van der Waals surface area contributed by atoms with Crippen molar-refractivity contribution in [3.05, 3.63) is 267 Å². The van der Waals surface area contributed by atoms with Gasteiger partial charge < -0.3 is 8.98 Å². The summed E-state index contributed by atoms with van der Waals surface area (Å²) in [5, 5.41) is 4.40. The fourth-order valence-corrected chi connectivity index (χ4v) is 10.6. The molecule has 3 heterocycles. The number of nitrogens with zero attached hydrogens (tertiary/aromatic N) is 4. The van der Waals surface area contributed by atoms with Gasteiger partial charge in [-0.1, -0.05) is 206 Å². The van der Waals surface area contributed by atoms with Crippen LogP contribution in [0.5, 0.6) is 0 Å². The zero-order valence-electron chi connectivity index (χ0n) is 40.1. The number of rotatable bonds is 9. The second-order valence-corrected chi connectivity index (χ2v) is 18.7. The van der Waals surface area contributed by atoms with Gasteiger partial charge in [-0.15, -0.1) is 0 Å². The summed E-state index contributed by atoms with van der Waals surface area (Å²) in [4.78, 5) is 16.1. The quantitative estimate of drug-likeness (QED) is 0.145. The molecule has 0 aliphatic carbocycles. The van der Waals surface area contributed by atoms with E-state index in [9.17, 15) is 0 Å². The lowest BCUT2D eigenvalue weighted by atomic mass is 9.92. The molecule has 0 fully saturated rings. The Morgan fingerprint density at radius 2 is 0.608 bits per heavy atom. The average Bonchev–Trinajstić information content (AvgIpc) is 4.06. The lowest BCUT2D eigenvalue weighted by Gasteiger charge is -2.21. The van der Waals surface area contributed by atoms with Crippen LogP contribution < -0.4 is 0 Å². The summed E-state index contributed by atoms with van der Waals surface area (Å²) < 4.78 is 8.76. The average molecular weight is 945 g/mol. The molecule has 5 heteroatoms. The Hall–Kier alpha value is -9.97. The molecule has 0 radical (unpaired) electrons. The van der Waals surface area contributed by atoms with E-state index >= 15 is 0 Å². The number of hydrogen-bond donors (Lipinski definition) is 0. The highest BCUT2D eigenvalue weighted by molar-refractivity contribution is 6.13. The summed E-state index contributed by atoms with van der Waals surface area (Å²) in [7, 11) is 0. The third-order valence-corrected chi connectivity index (χ3v) is 14.3. The Morgan fingerprint density at radius 3 is 1.14 bits per heavy atom. The molecule has 346 valence electrons. The van der Waals surface area contributed by atoms with Gasteiger partial charge in [0.1, 0.15) is 11.2 Å². The number of fused-ring (bicyclic) bond motifs is 6. The van der Waals surface area contributed by atoms with Crippen LogP contribution in [-0.4, -0.2) is 19.5 Å². The predicted molar refractivity (Wildman–Crippen MR) is 305 cm³/mol. The van der Waals surface area contributed by atoms with Gasteiger partial charge >= 0.3 is 0 Å². The molecule has 3 aromatic heterocycles.